The lowest BCUT2D eigenvalue weighted by Gasteiger charge is -2.40. The number of carbonyl (C=O) groups is 1. The zero-order valence-corrected chi connectivity index (χ0v) is 21.7. The van der Waals surface area contributed by atoms with Crippen molar-refractivity contribution in [3.05, 3.63) is 0 Å². The first kappa shape index (κ1) is 33.1. The summed E-state index contributed by atoms with van der Waals surface area (Å²) >= 11 is 0. The lowest BCUT2D eigenvalue weighted by molar-refractivity contribution is -0.303. The predicted octanol–water partition coefficient (Wildman–Crippen LogP) is -5.17. The monoisotopic (exact) mass is 556 g/mol. The number of carbonyl (C=O) groups excluding carboxylic acids is 1. The molecule has 2 saturated heterocycles. The summed E-state index contributed by atoms with van der Waals surface area (Å²) in [6.07, 6.45) is -15.1. The molecular weight excluding hydrogens is 512 g/mol. The van der Waals surface area contributed by atoms with Crippen LogP contribution < -0.4 is 22.1 Å². The molecule has 16 heteroatoms. The third-order valence-electron chi connectivity index (χ3n) is 6.56. The number of hydrogen-bond acceptors (Lipinski definition) is 15. The fourth-order valence-electron chi connectivity index (χ4n) is 4.14. The maximum absolute atomic E-state index is 12.5. The highest BCUT2D eigenvalue weighted by atomic mass is 16.8. The van der Waals surface area contributed by atoms with E-state index in [0.717, 1.165) is 0 Å². The first-order valence-electron chi connectivity index (χ1n) is 12.7. The number of rotatable bonds is 14. The van der Waals surface area contributed by atoms with Crippen LogP contribution >= 0.6 is 0 Å². The largest absolute Gasteiger partial charge is 0.391 e. The summed E-state index contributed by atoms with van der Waals surface area (Å²) in [7, 11) is 0. The van der Waals surface area contributed by atoms with Gasteiger partial charge >= 0.3 is 0 Å². The van der Waals surface area contributed by atoms with Crippen LogP contribution in [0.5, 0.6) is 0 Å². The Labute approximate surface area is 220 Å². The van der Waals surface area contributed by atoms with Gasteiger partial charge in [-0.3, -0.25) is 10.1 Å². The van der Waals surface area contributed by atoms with Crippen molar-refractivity contribution in [1.29, 1.82) is 0 Å². The second-order valence-electron chi connectivity index (χ2n) is 9.67. The topological polar surface area (TPSA) is 272 Å². The standard InChI is InChI=1S/C22H44N4O12/c1-4-13-14(29)15(30)21(36-13)38-20(34)11(25-17(31)12(28)5-6-23)7-10(24)9(3)35-22-19(33)26-18(32)16(37-22)8(2)27/h8-16,18-22,26-30,32-34H,4-7,23-24H2,1-3H3,(H,25,31)/t8-,9+,10?,11?,12?,13?,14?,15?,16?,18-,19+,20+,21?,22?/m1/s1. The zero-order chi connectivity index (χ0) is 28.7. The van der Waals surface area contributed by atoms with Crippen LogP contribution in [0.1, 0.15) is 40.0 Å². The maximum Gasteiger partial charge on any atom is 0.249 e. The van der Waals surface area contributed by atoms with Crippen LogP contribution in [0.15, 0.2) is 0 Å². The molecule has 0 bridgehead atoms. The molecule has 0 aromatic heterocycles. The number of aliphatic hydroxyl groups is 7. The van der Waals surface area contributed by atoms with Gasteiger partial charge in [0.2, 0.25) is 5.91 Å². The van der Waals surface area contributed by atoms with Crippen LogP contribution in [-0.2, 0) is 23.7 Å². The van der Waals surface area contributed by atoms with E-state index in [-0.39, 0.29) is 19.4 Å². The molecule has 1 amide bonds. The third-order valence-corrected chi connectivity index (χ3v) is 6.56. The van der Waals surface area contributed by atoms with Crippen LogP contribution in [-0.4, -0.2) is 134 Å². The van der Waals surface area contributed by atoms with Crippen LogP contribution in [0.4, 0.5) is 0 Å². The molecular formula is C22H44N4O12. The van der Waals surface area contributed by atoms with E-state index in [1.54, 1.807) is 6.92 Å². The van der Waals surface area contributed by atoms with E-state index in [0.29, 0.717) is 6.42 Å². The lowest BCUT2D eigenvalue weighted by atomic mass is 10.0. The first-order chi connectivity index (χ1) is 17.8. The fraction of sp³-hybridized carbons (Fsp3) is 0.955. The number of nitrogens with two attached hydrogens (primary N) is 2. The van der Waals surface area contributed by atoms with Gasteiger partial charge in [0, 0.05) is 6.04 Å². The highest BCUT2D eigenvalue weighted by Gasteiger charge is 2.45. The summed E-state index contributed by atoms with van der Waals surface area (Å²) in [5, 5.41) is 75.8. The molecule has 0 aliphatic carbocycles. The average Bonchev–Trinajstić information content (AvgIpc) is 3.12. The molecule has 13 N–H and O–H groups in total. The van der Waals surface area contributed by atoms with Gasteiger partial charge in [-0.05, 0) is 39.7 Å². The second-order valence-corrected chi connectivity index (χ2v) is 9.67. The molecule has 0 aromatic carbocycles. The van der Waals surface area contributed by atoms with E-state index in [9.17, 15) is 40.5 Å². The van der Waals surface area contributed by atoms with Crippen LogP contribution in [0.3, 0.4) is 0 Å². The molecule has 0 radical (unpaired) electrons. The van der Waals surface area contributed by atoms with E-state index in [1.807, 2.05) is 0 Å². The molecule has 9 unspecified atom stereocenters. The molecule has 38 heavy (non-hydrogen) atoms. The Hall–Kier alpha value is -1.09. The predicted molar refractivity (Wildman–Crippen MR) is 128 cm³/mol. The number of amides is 1. The van der Waals surface area contributed by atoms with Crippen molar-refractivity contribution in [2.45, 2.75) is 126 Å². The van der Waals surface area contributed by atoms with Crippen LogP contribution in [0.2, 0.25) is 0 Å². The minimum atomic E-state index is -1.79. The smallest absolute Gasteiger partial charge is 0.249 e. The van der Waals surface area contributed by atoms with Crippen molar-refractivity contribution in [1.82, 2.24) is 10.6 Å². The Morgan fingerprint density at radius 3 is 2.24 bits per heavy atom. The number of ether oxygens (including phenoxy) is 4. The van der Waals surface area contributed by atoms with Gasteiger partial charge in [-0.25, -0.2) is 0 Å². The molecule has 14 atom stereocenters. The Bertz CT molecular complexity index is 724. The molecule has 2 rings (SSSR count). The zero-order valence-electron chi connectivity index (χ0n) is 21.7. The van der Waals surface area contributed by atoms with Gasteiger partial charge in [0.05, 0.1) is 24.4 Å². The van der Waals surface area contributed by atoms with Gasteiger partial charge in [0.1, 0.15) is 30.6 Å². The normalized spacial score (nSPS) is 36.7. The summed E-state index contributed by atoms with van der Waals surface area (Å²) in [6, 6.07) is -2.17. The minimum absolute atomic E-state index is 0.0288. The Balaban J connectivity index is 2.08. The van der Waals surface area contributed by atoms with Crippen molar-refractivity contribution in [3.63, 3.8) is 0 Å². The van der Waals surface area contributed by atoms with Gasteiger partial charge in [0.15, 0.2) is 25.1 Å². The fourth-order valence-corrected chi connectivity index (χ4v) is 4.14. The Kier molecular flexibility index (Phi) is 13.1. The summed E-state index contributed by atoms with van der Waals surface area (Å²) < 4.78 is 22.0. The number of nitrogens with one attached hydrogen (secondary N) is 2. The van der Waals surface area contributed by atoms with Gasteiger partial charge < -0.3 is 71.5 Å². The first-order valence-corrected chi connectivity index (χ1v) is 12.7. The van der Waals surface area contributed by atoms with Crippen molar-refractivity contribution < 1.29 is 59.5 Å². The Morgan fingerprint density at radius 1 is 1.03 bits per heavy atom. The molecule has 2 heterocycles. The molecule has 2 aliphatic heterocycles. The maximum atomic E-state index is 12.5. The van der Waals surface area contributed by atoms with Crippen molar-refractivity contribution in [3.8, 4) is 0 Å². The third kappa shape index (κ3) is 8.70. The van der Waals surface area contributed by atoms with Crippen LogP contribution in [0, 0.1) is 0 Å². The molecule has 0 aromatic rings. The molecule has 0 saturated carbocycles. The van der Waals surface area contributed by atoms with Crippen molar-refractivity contribution in [2.24, 2.45) is 11.5 Å². The average molecular weight is 557 g/mol. The summed E-state index contributed by atoms with van der Waals surface area (Å²) in [4.78, 5) is 12.5. The lowest BCUT2D eigenvalue weighted by Crippen LogP contribution is -2.63. The van der Waals surface area contributed by atoms with Gasteiger partial charge in [0.25, 0.3) is 0 Å². The highest BCUT2D eigenvalue weighted by Crippen LogP contribution is 2.26. The summed E-state index contributed by atoms with van der Waals surface area (Å²) in [6.45, 7) is 4.68. The van der Waals surface area contributed by atoms with E-state index in [4.69, 9.17) is 30.4 Å². The van der Waals surface area contributed by atoms with Crippen LogP contribution in [0.25, 0.3) is 0 Å². The molecule has 0 spiro atoms. The quantitative estimate of drug-likeness (QED) is 0.0892. The van der Waals surface area contributed by atoms with E-state index >= 15 is 0 Å². The van der Waals surface area contributed by atoms with E-state index in [2.05, 4.69) is 10.6 Å². The van der Waals surface area contributed by atoms with E-state index < -0.39 is 92.0 Å². The highest BCUT2D eigenvalue weighted by molar-refractivity contribution is 5.80. The van der Waals surface area contributed by atoms with Crippen molar-refractivity contribution >= 4 is 5.91 Å². The molecule has 2 fully saturated rings. The second kappa shape index (κ2) is 15.1. The number of morpholine rings is 1. The summed E-state index contributed by atoms with van der Waals surface area (Å²) in [5.74, 6) is -0.854. The Morgan fingerprint density at radius 2 is 1.68 bits per heavy atom. The SMILES string of the molecule is CCC1OC(O[C@H](O)C(CC(N)[C@H](C)OC2OC([C@@H](C)O)[C@@H](O)N[C@H]2O)NC(=O)C(O)CCN)C(O)C1O. The van der Waals surface area contributed by atoms with Gasteiger partial charge in [-0.15, -0.1) is 0 Å². The number of aliphatic hydroxyl groups excluding tert-OH is 7. The molecule has 16 nitrogen and oxygen atoms in total. The van der Waals surface area contributed by atoms with E-state index in [1.165, 1.54) is 13.8 Å². The minimum Gasteiger partial charge on any atom is -0.391 e. The van der Waals surface area contributed by atoms with Gasteiger partial charge in [-0.2, -0.15) is 0 Å². The van der Waals surface area contributed by atoms with Crippen molar-refractivity contribution in [2.75, 3.05) is 6.54 Å². The summed E-state index contributed by atoms with van der Waals surface area (Å²) in [5.41, 5.74) is 11.6. The number of hydrogen-bond donors (Lipinski definition) is 11. The van der Waals surface area contributed by atoms with Gasteiger partial charge in [-0.1, -0.05) is 6.92 Å². The molecule has 2 aliphatic rings. The molecule has 224 valence electrons.